The number of fused-ring (bicyclic) bond motifs is 2. The van der Waals surface area contributed by atoms with Crippen LogP contribution in [0.4, 0.5) is 5.82 Å². The van der Waals surface area contributed by atoms with Gasteiger partial charge in [0.25, 0.3) is 0 Å². The van der Waals surface area contributed by atoms with Gasteiger partial charge < -0.3 is 10.1 Å². The molecule has 0 spiro atoms. The summed E-state index contributed by atoms with van der Waals surface area (Å²) >= 11 is 3.38. The van der Waals surface area contributed by atoms with Crippen LogP contribution in [0.2, 0.25) is 0 Å². The van der Waals surface area contributed by atoms with Gasteiger partial charge in [0, 0.05) is 6.07 Å². The zero-order chi connectivity index (χ0) is 11.1. The molecule has 1 aromatic heterocycles. The SMILES string of the molecule is Cc1nc(Br)cc(NC2CC3CCC2O3)n1. The Morgan fingerprint density at radius 1 is 1.44 bits per heavy atom. The number of aromatic nitrogens is 2. The first kappa shape index (κ1) is 10.5. The largest absolute Gasteiger partial charge is 0.373 e. The van der Waals surface area contributed by atoms with Crippen molar-refractivity contribution < 1.29 is 4.74 Å². The van der Waals surface area contributed by atoms with Crippen molar-refractivity contribution in [1.29, 1.82) is 0 Å². The maximum absolute atomic E-state index is 5.80. The lowest BCUT2D eigenvalue weighted by Gasteiger charge is -2.20. The summed E-state index contributed by atoms with van der Waals surface area (Å²) in [5, 5.41) is 3.45. The second-order valence-electron chi connectivity index (χ2n) is 4.48. The van der Waals surface area contributed by atoms with E-state index in [0.29, 0.717) is 18.2 Å². The monoisotopic (exact) mass is 283 g/mol. The van der Waals surface area contributed by atoms with E-state index >= 15 is 0 Å². The molecule has 2 bridgehead atoms. The zero-order valence-electron chi connectivity index (χ0n) is 9.11. The van der Waals surface area contributed by atoms with E-state index in [1.807, 2.05) is 13.0 Å². The normalized spacial score (nSPS) is 32.0. The Balaban J connectivity index is 1.74. The van der Waals surface area contributed by atoms with Gasteiger partial charge in [0.05, 0.1) is 18.2 Å². The van der Waals surface area contributed by atoms with Crippen LogP contribution in [0, 0.1) is 6.92 Å². The standard InChI is InChI=1S/C11H14BrN3O/c1-6-13-10(12)5-11(14-6)15-8-4-7-2-3-9(8)16-7/h5,7-9H,2-4H2,1H3,(H,13,14,15). The molecule has 2 aliphatic rings. The van der Waals surface area contributed by atoms with Crippen LogP contribution >= 0.6 is 15.9 Å². The molecule has 0 aromatic carbocycles. The number of nitrogens with one attached hydrogen (secondary N) is 1. The molecule has 86 valence electrons. The van der Waals surface area contributed by atoms with Crippen LogP contribution in [-0.2, 0) is 4.74 Å². The molecule has 3 atom stereocenters. The van der Waals surface area contributed by atoms with Gasteiger partial charge in [-0.25, -0.2) is 9.97 Å². The Morgan fingerprint density at radius 3 is 2.94 bits per heavy atom. The highest BCUT2D eigenvalue weighted by atomic mass is 79.9. The number of anilines is 1. The number of rotatable bonds is 2. The molecule has 0 amide bonds. The highest BCUT2D eigenvalue weighted by Gasteiger charge is 2.40. The van der Waals surface area contributed by atoms with Gasteiger partial charge >= 0.3 is 0 Å². The molecule has 2 fully saturated rings. The van der Waals surface area contributed by atoms with Gasteiger partial charge in [-0.2, -0.15) is 0 Å². The lowest BCUT2D eigenvalue weighted by atomic mass is 9.95. The van der Waals surface area contributed by atoms with Crippen molar-refractivity contribution >= 4 is 21.7 Å². The van der Waals surface area contributed by atoms with Crippen LogP contribution < -0.4 is 5.32 Å². The highest BCUT2D eigenvalue weighted by molar-refractivity contribution is 9.10. The van der Waals surface area contributed by atoms with Crippen LogP contribution in [-0.4, -0.2) is 28.2 Å². The molecule has 1 N–H and O–H groups in total. The van der Waals surface area contributed by atoms with E-state index in [2.05, 4.69) is 31.2 Å². The summed E-state index contributed by atoms with van der Waals surface area (Å²) < 4.78 is 6.63. The van der Waals surface area contributed by atoms with Crippen LogP contribution in [0.15, 0.2) is 10.7 Å². The molecule has 3 unspecified atom stereocenters. The minimum atomic E-state index is 0.374. The molecular formula is C11H14BrN3O. The third-order valence-corrected chi connectivity index (χ3v) is 3.65. The Bertz CT molecular complexity index is 392. The van der Waals surface area contributed by atoms with E-state index in [1.54, 1.807) is 0 Å². The first-order chi connectivity index (χ1) is 7.70. The smallest absolute Gasteiger partial charge is 0.131 e. The Hall–Kier alpha value is -0.680. The van der Waals surface area contributed by atoms with Gasteiger partial charge in [-0.05, 0) is 42.1 Å². The van der Waals surface area contributed by atoms with Crippen LogP contribution in [0.1, 0.15) is 25.1 Å². The minimum absolute atomic E-state index is 0.374. The molecule has 2 aliphatic heterocycles. The van der Waals surface area contributed by atoms with Gasteiger partial charge in [0.2, 0.25) is 0 Å². The molecule has 0 radical (unpaired) electrons. The topological polar surface area (TPSA) is 47.0 Å². The van der Waals surface area contributed by atoms with Crippen LogP contribution in [0.5, 0.6) is 0 Å². The second kappa shape index (κ2) is 3.96. The van der Waals surface area contributed by atoms with Crippen LogP contribution in [0.3, 0.4) is 0 Å². The van der Waals surface area contributed by atoms with E-state index < -0.39 is 0 Å². The average molecular weight is 284 g/mol. The Labute approximate surface area is 103 Å². The maximum atomic E-state index is 5.80. The summed E-state index contributed by atoms with van der Waals surface area (Å²) in [6.07, 6.45) is 4.33. The van der Waals surface area contributed by atoms with Crippen molar-refractivity contribution in [2.75, 3.05) is 5.32 Å². The molecule has 5 heteroatoms. The second-order valence-corrected chi connectivity index (χ2v) is 5.30. The van der Waals surface area contributed by atoms with Crippen molar-refractivity contribution in [2.24, 2.45) is 0 Å². The molecule has 16 heavy (non-hydrogen) atoms. The molecule has 3 heterocycles. The first-order valence-corrected chi connectivity index (χ1v) is 6.43. The van der Waals surface area contributed by atoms with Gasteiger partial charge in [0.1, 0.15) is 16.2 Å². The summed E-state index contributed by atoms with van der Waals surface area (Å²) in [5.74, 6) is 1.67. The van der Waals surface area contributed by atoms with Gasteiger partial charge in [-0.3, -0.25) is 0 Å². The predicted molar refractivity (Wildman–Crippen MR) is 64.4 cm³/mol. The molecule has 3 rings (SSSR count). The third kappa shape index (κ3) is 1.94. The number of ether oxygens (including phenoxy) is 1. The van der Waals surface area contributed by atoms with E-state index in [1.165, 1.54) is 12.8 Å². The number of halogens is 1. The van der Waals surface area contributed by atoms with Gasteiger partial charge in [0.15, 0.2) is 0 Å². The Morgan fingerprint density at radius 2 is 2.31 bits per heavy atom. The van der Waals surface area contributed by atoms with E-state index in [4.69, 9.17) is 4.74 Å². The summed E-state index contributed by atoms with van der Waals surface area (Å²) in [4.78, 5) is 8.56. The van der Waals surface area contributed by atoms with E-state index in [-0.39, 0.29) is 0 Å². The van der Waals surface area contributed by atoms with Crippen LogP contribution in [0.25, 0.3) is 0 Å². The summed E-state index contributed by atoms with van der Waals surface area (Å²) in [5.41, 5.74) is 0. The highest BCUT2D eigenvalue weighted by Crippen LogP contribution is 2.35. The summed E-state index contributed by atoms with van der Waals surface area (Å²) in [6, 6.07) is 2.33. The maximum Gasteiger partial charge on any atom is 0.131 e. The lowest BCUT2D eigenvalue weighted by molar-refractivity contribution is 0.102. The summed E-state index contributed by atoms with van der Waals surface area (Å²) in [7, 11) is 0. The van der Waals surface area contributed by atoms with Crippen molar-refractivity contribution in [3.8, 4) is 0 Å². The fourth-order valence-corrected chi connectivity index (χ4v) is 3.06. The number of aryl methyl sites for hydroxylation is 1. The third-order valence-electron chi connectivity index (χ3n) is 3.25. The zero-order valence-corrected chi connectivity index (χ0v) is 10.7. The summed E-state index contributed by atoms with van der Waals surface area (Å²) in [6.45, 7) is 1.90. The Kier molecular flexibility index (Phi) is 2.59. The minimum Gasteiger partial charge on any atom is -0.373 e. The van der Waals surface area contributed by atoms with Gasteiger partial charge in [-0.1, -0.05) is 0 Å². The van der Waals surface area contributed by atoms with E-state index in [9.17, 15) is 0 Å². The van der Waals surface area contributed by atoms with Crippen molar-refractivity contribution in [3.63, 3.8) is 0 Å². The molecule has 4 nitrogen and oxygen atoms in total. The lowest BCUT2D eigenvalue weighted by Crippen LogP contribution is -2.30. The van der Waals surface area contributed by atoms with Crippen molar-refractivity contribution in [3.05, 3.63) is 16.5 Å². The molecule has 0 aliphatic carbocycles. The van der Waals surface area contributed by atoms with Crippen molar-refractivity contribution in [2.45, 2.75) is 44.4 Å². The van der Waals surface area contributed by atoms with E-state index in [0.717, 1.165) is 22.7 Å². The quantitative estimate of drug-likeness (QED) is 0.846. The average Bonchev–Trinajstić information content (AvgIpc) is 2.77. The predicted octanol–water partition coefficient (Wildman–Crippen LogP) is 2.28. The number of hydrogen-bond donors (Lipinski definition) is 1. The van der Waals surface area contributed by atoms with Gasteiger partial charge in [-0.15, -0.1) is 0 Å². The number of nitrogens with zero attached hydrogens (tertiary/aromatic N) is 2. The molecule has 2 saturated heterocycles. The number of hydrogen-bond acceptors (Lipinski definition) is 4. The first-order valence-electron chi connectivity index (χ1n) is 5.64. The van der Waals surface area contributed by atoms with Crippen molar-refractivity contribution in [1.82, 2.24) is 9.97 Å². The fraction of sp³-hybridized carbons (Fsp3) is 0.636. The molecule has 1 aromatic rings. The fourth-order valence-electron chi connectivity index (χ4n) is 2.58. The molecule has 0 saturated carbocycles. The molecular weight excluding hydrogens is 270 g/mol.